The predicted molar refractivity (Wildman–Crippen MR) is 64.9 cm³/mol. The molecule has 0 atom stereocenters. The third-order valence-corrected chi connectivity index (χ3v) is 3.35. The number of amides is 2. The molecule has 1 rings (SSSR count). The summed E-state index contributed by atoms with van der Waals surface area (Å²) in [6, 6.07) is -0.0245. The SMILES string of the molecule is CCN(CC)C(=O)N(CC(=O)O)C1CCCC1. The second-order valence-corrected chi connectivity index (χ2v) is 4.41. The zero-order valence-corrected chi connectivity index (χ0v) is 10.7. The Kier molecular flexibility index (Phi) is 5.25. The molecule has 0 bridgehead atoms. The maximum absolute atomic E-state index is 12.2. The number of nitrogens with zero attached hydrogens (tertiary/aromatic N) is 2. The lowest BCUT2D eigenvalue weighted by molar-refractivity contribution is -0.138. The monoisotopic (exact) mass is 242 g/mol. The van der Waals surface area contributed by atoms with Gasteiger partial charge in [-0.15, -0.1) is 0 Å². The van der Waals surface area contributed by atoms with Gasteiger partial charge in [-0.25, -0.2) is 4.79 Å². The molecule has 0 saturated heterocycles. The molecule has 5 heteroatoms. The maximum Gasteiger partial charge on any atom is 0.323 e. The summed E-state index contributed by atoms with van der Waals surface area (Å²) in [5.41, 5.74) is 0. The van der Waals surface area contributed by atoms with Crippen molar-refractivity contribution in [3.8, 4) is 0 Å². The average Bonchev–Trinajstić information content (AvgIpc) is 2.80. The van der Waals surface area contributed by atoms with E-state index in [9.17, 15) is 9.59 Å². The van der Waals surface area contributed by atoms with Gasteiger partial charge in [0.2, 0.25) is 0 Å². The van der Waals surface area contributed by atoms with Gasteiger partial charge in [0.15, 0.2) is 0 Å². The molecular weight excluding hydrogens is 220 g/mol. The summed E-state index contributed by atoms with van der Waals surface area (Å²) in [6.07, 6.45) is 4.04. The number of carboxylic acids is 1. The Morgan fingerprint density at radius 1 is 1.18 bits per heavy atom. The first-order chi connectivity index (χ1) is 8.10. The topological polar surface area (TPSA) is 60.9 Å². The number of hydrogen-bond acceptors (Lipinski definition) is 2. The van der Waals surface area contributed by atoms with Gasteiger partial charge in [0.05, 0.1) is 0 Å². The van der Waals surface area contributed by atoms with Crippen LogP contribution >= 0.6 is 0 Å². The molecule has 0 aromatic heterocycles. The number of carboxylic acid groups (broad SMARTS) is 1. The van der Waals surface area contributed by atoms with E-state index in [1.165, 1.54) is 4.90 Å². The van der Waals surface area contributed by atoms with Crippen molar-refractivity contribution < 1.29 is 14.7 Å². The summed E-state index contributed by atoms with van der Waals surface area (Å²) in [5.74, 6) is -0.933. The average molecular weight is 242 g/mol. The highest BCUT2D eigenvalue weighted by Gasteiger charge is 2.30. The molecule has 17 heavy (non-hydrogen) atoms. The highest BCUT2D eigenvalue weighted by atomic mass is 16.4. The highest BCUT2D eigenvalue weighted by Crippen LogP contribution is 2.24. The first-order valence-electron chi connectivity index (χ1n) is 6.37. The summed E-state index contributed by atoms with van der Waals surface area (Å²) in [5, 5.41) is 8.91. The molecule has 0 heterocycles. The van der Waals surface area contributed by atoms with Crippen LogP contribution in [0.1, 0.15) is 39.5 Å². The van der Waals surface area contributed by atoms with Crippen molar-refractivity contribution in [2.75, 3.05) is 19.6 Å². The Morgan fingerprint density at radius 2 is 1.71 bits per heavy atom. The lowest BCUT2D eigenvalue weighted by atomic mass is 10.2. The highest BCUT2D eigenvalue weighted by molar-refractivity contribution is 5.80. The molecule has 98 valence electrons. The van der Waals surface area contributed by atoms with E-state index >= 15 is 0 Å². The van der Waals surface area contributed by atoms with Crippen LogP contribution in [0.2, 0.25) is 0 Å². The number of hydrogen-bond donors (Lipinski definition) is 1. The molecule has 1 aliphatic rings. The zero-order chi connectivity index (χ0) is 12.8. The van der Waals surface area contributed by atoms with Crippen LogP contribution in [0.25, 0.3) is 0 Å². The Labute approximate surface area is 102 Å². The molecule has 0 unspecified atom stereocenters. The summed E-state index contributed by atoms with van der Waals surface area (Å²) in [4.78, 5) is 26.3. The fourth-order valence-electron chi connectivity index (χ4n) is 2.39. The number of carbonyl (C=O) groups is 2. The van der Waals surface area contributed by atoms with Crippen LogP contribution in [-0.4, -0.2) is 52.6 Å². The Hall–Kier alpha value is -1.26. The van der Waals surface area contributed by atoms with Gasteiger partial charge in [0, 0.05) is 19.1 Å². The number of carbonyl (C=O) groups excluding carboxylic acids is 1. The third-order valence-electron chi connectivity index (χ3n) is 3.35. The van der Waals surface area contributed by atoms with Gasteiger partial charge >= 0.3 is 12.0 Å². The second kappa shape index (κ2) is 6.47. The van der Waals surface area contributed by atoms with E-state index in [1.54, 1.807) is 4.90 Å². The van der Waals surface area contributed by atoms with Crippen LogP contribution in [0.3, 0.4) is 0 Å². The Morgan fingerprint density at radius 3 is 2.12 bits per heavy atom. The Bertz CT molecular complexity index is 271. The van der Waals surface area contributed by atoms with Gasteiger partial charge < -0.3 is 14.9 Å². The molecule has 0 radical (unpaired) electrons. The first kappa shape index (κ1) is 13.8. The Balaban J connectivity index is 2.73. The van der Waals surface area contributed by atoms with Crippen molar-refractivity contribution in [2.24, 2.45) is 0 Å². The van der Waals surface area contributed by atoms with Crippen LogP contribution in [0.5, 0.6) is 0 Å². The van der Waals surface area contributed by atoms with Crippen LogP contribution < -0.4 is 0 Å². The smallest absolute Gasteiger partial charge is 0.323 e. The summed E-state index contributed by atoms with van der Waals surface area (Å²) in [7, 11) is 0. The van der Waals surface area contributed by atoms with Gasteiger partial charge in [-0.05, 0) is 26.7 Å². The molecule has 0 aliphatic heterocycles. The molecule has 1 saturated carbocycles. The normalized spacial score (nSPS) is 15.9. The molecule has 1 fully saturated rings. The van der Waals surface area contributed by atoms with Gasteiger partial charge in [-0.1, -0.05) is 12.8 Å². The van der Waals surface area contributed by atoms with E-state index in [0.717, 1.165) is 25.7 Å². The van der Waals surface area contributed by atoms with Crippen LogP contribution in [-0.2, 0) is 4.79 Å². The minimum Gasteiger partial charge on any atom is -0.480 e. The van der Waals surface area contributed by atoms with E-state index in [4.69, 9.17) is 5.11 Å². The van der Waals surface area contributed by atoms with Crippen molar-refractivity contribution >= 4 is 12.0 Å². The van der Waals surface area contributed by atoms with E-state index < -0.39 is 5.97 Å². The minimum absolute atomic E-state index is 0.110. The largest absolute Gasteiger partial charge is 0.480 e. The number of aliphatic carboxylic acids is 1. The van der Waals surface area contributed by atoms with Crippen molar-refractivity contribution in [3.05, 3.63) is 0 Å². The number of rotatable bonds is 5. The van der Waals surface area contributed by atoms with Crippen molar-refractivity contribution in [1.82, 2.24) is 9.80 Å². The molecule has 1 aliphatic carbocycles. The molecule has 2 amide bonds. The molecular formula is C12H22N2O3. The van der Waals surface area contributed by atoms with E-state index in [-0.39, 0.29) is 18.6 Å². The fourth-order valence-corrected chi connectivity index (χ4v) is 2.39. The second-order valence-electron chi connectivity index (χ2n) is 4.41. The summed E-state index contributed by atoms with van der Waals surface area (Å²) < 4.78 is 0. The van der Waals surface area contributed by atoms with Gasteiger partial charge in [-0.2, -0.15) is 0 Å². The standard InChI is InChI=1S/C12H22N2O3/c1-3-13(4-2)12(17)14(9-11(15)16)10-7-5-6-8-10/h10H,3-9H2,1-2H3,(H,15,16). The summed E-state index contributed by atoms with van der Waals surface area (Å²) in [6.45, 7) is 4.89. The first-order valence-corrected chi connectivity index (χ1v) is 6.37. The molecule has 0 aromatic carbocycles. The molecule has 1 N–H and O–H groups in total. The van der Waals surface area contributed by atoms with Crippen molar-refractivity contribution in [3.63, 3.8) is 0 Å². The van der Waals surface area contributed by atoms with E-state index in [1.807, 2.05) is 13.8 Å². The minimum atomic E-state index is -0.933. The van der Waals surface area contributed by atoms with Gasteiger partial charge in [0.25, 0.3) is 0 Å². The molecule has 5 nitrogen and oxygen atoms in total. The van der Waals surface area contributed by atoms with Crippen LogP contribution in [0.15, 0.2) is 0 Å². The molecule has 0 spiro atoms. The molecule has 0 aromatic rings. The summed E-state index contributed by atoms with van der Waals surface area (Å²) >= 11 is 0. The van der Waals surface area contributed by atoms with Crippen molar-refractivity contribution in [1.29, 1.82) is 0 Å². The predicted octanol–water partition coefficient (Wildman–Crippen LogP) is 1.78. The fraction of sp³-hybridized carbons (Fsp3) is 0.833. The van der Waals surface area contributed by atoms with Gasteiger partial charge in [-0.3, -0.25) is 4.79 Å². The van der Waals surface area contributed by atoms with Crippen LogP contribution in [0.4, 0.5) is 4.79 Å². The lowest BCUT2D eigenvalue weighted by Crippen LogP contribution is -2.49. The number of urea groups is 1. The quantitative estimate of drug-likeness (QED) is 0.799. The van der Waals surface area contributed by atoms with Crippen LogP contribution in [0, 0.1) is 0 Å². The lowest BCUT2D eigenvalue weighted by Gasteiger charge is -2.32. The van der Waals surface area contributed by atoms with E-state index in [2.05, 4.69) is 0 Å². The zero-order valence-electron chi connectivity index (χ0n) is 10.7. The van der Waals surface area contributed by atoms with E-state index in [0.29, 0.717) is 13.1 Å². The third kappa shape index (κ3) is 3.61. The maximum atomic E-state index is 12.2. The van der Waals surface area contributed by atoms with Gasteiger partial charge in [0.1, 0.15) is 6.54 Å². The van der Waals surface area contributed by atoms with Crippen molar-refractivity contribution in [2.45, 2.75) is 45.6 Å².